The van der Waals surface area contributed by atoms with E-state index in [0.29, 0.717) is 27.4 Å². The summed E-state index contributed by atoms with van der Waals surface area (Å²) in [6.45, 7) is 5.49. The van der Waals surface area contributed by atoms with Crippen LogP contribution in [0.5, 0.6) is 0 Å². The Morgan fingerprint density at radius 2 is 1.87 bits per heavy atom. The van der Waals surface area contributed by atoms with Crippen molar-refractivity contribution in [3.8, 4) is 0 Å². The Kier molecular flexibility index (Phi) is 6.31. The number of carbonyl (C=O) groups is 2. The van der Waals surface area contributed by atoms with E-state index in [0.717, 1.165) is 19.5 Å². The summed E-state index contributed by atoms with van der Waals surface area (Å²) < 4.78 is 5.09. The lowest BCUT2D eigenvalue weighted by Crippen LogP contribution is -2.44. The summed E-state index contributed by atoms with van der Waals surface area (Å²) >= 11 is 11.8. The Morgan fingerprint density at radius 3 is 2.48 bits per heavy atom. The molecule has 1 aromatic rings. The molecule has 6 heteroatoms. The van der Waals surface area contributed by atoms with Gasteiger partial charge in [-0.05, 0) is 36.0 Å². The minimum absolute atomic E-state index is 0.0239. The topological polar surface area (TPSA) is 46.6 Å². The van der Waals surface area contributed by atoms with E-state index in [1.165, 1.54) is 0 Å². The van der Waals surface area contributed by atoms with Crippen molar-refractivity contribution in [2.75, 3.05) is 19.7 Å². The summed E-state index contributed by atoms with van der Waals surface area (Å²) in [4.78, 5) is 25.8. The number of nitrogens with zero attached hydrogens (tertiary/aromatic N) is 1. The van der Waals surface area contributed by atoms with Crippen molar-refractivity contribution in [1.29, 1.82) is 0 Å². The van der Waals surface area contributed by atoms with Crippen LogP contribution < -0.4 is 0 Å². The largest absolute Gasteiger partial charge is 0.455 e. The zero-order chi connectivity index (χ0) is 17.0. The van der Waals surface area contributed by atoms with E-state index in [-0.39, 0.29) is 18.9 Å². The molecule has 1 fully saturated rings. The molecule has 23 heavy (non-hydrogen) atoms. The Balaban J connectivity index is 1.83. The first-order valence-corrected chi connectivity index (χ1v) is 8.48. The fourth-order valence-electron chi connectivity index (χ4n) is 2.97. The highest BCUT2D eigenvalue weighted by Crippen LogP contribution is 2.22. The van der Waals surface area contributed by atoms with Gasteiger partial charge in [0.1, 0.15) is 0 Å². The summed E-state index contributed by atoms with van der Waals surface area (Å²) in [6, 6.07) is 4.92. The number of hydrogen-bond donors (Lipinski definition) is 0. The SMILES string of the molecule is CC1CC(C)CN(C(=O)COC(=O)Cc2ccc(Cl)cc2Cl)C1. The summed E-state index contributed by atoms with van der Waals surface area (Å²) in [6.07, 6.45) is 1.15. The fraction of sp³-hybridized carbons (Fsp3) is 0.529. The van der Waals surface area contributed by atoms with Crippen LogP contribution in [0.1, 0.15) is 25.8 Å². The van der Waals surface area contributed by atoms with Crippen LogP contribution in [0.4, 0.5) is 0 Å². The predicted molar refractivity (Wildman–Crippen MR) is 90.7 cm³/mol. The molecule has 126 valence electrons. The second-order valence-corrected chi connectivity index (χ2v) is 7.16. The second kappa shape index (κ2) is 8.02. The molecule has 1 saturated heterocycles. The molecule has 4 nitrogen and oxygen atoms in total. The van der Waals surface area contributed by atoms with Gasteiger partial charge in [0, 0.05) is 23.1 Å². The number of amides is 1. The van der Waals surface area contributed by atoms with E-state index >= 15 is 0 Å². The summed E-state index contributed by atoms with van der Waals surface area (Å²) in [7, 11) is 0. The molecule has 0 radical (unpaired) electrons. The first kappa shape index (κ1) is 18.1. The molecule has 1 amide bonds. The van der Waals surface area contributed by atoms with Gasteiger partial charge in [-0.2, -0.15) is 0 Å². The molecular formula is C17H21Cl2NO3. The Bertz CT molecular complexity index is 581. The summed E-state index contributed by atoms with van der Waals surface area (Å²) in [5.74, 6) is 0.345. The van der Waals surface area contributed by atoms with Gasteiger partial charge in [0.15, 0.2) is 6.61 Å². The minimum atomic E-state index is -0.472. The summed E-state index contributed by atoms with van der Waals surface area (Å²) in [5.41, 5.74) is 0.633. The van der Waals surface area contributed by atoms with E-state index in [4.69, 9.17) is 27.9 Å². The number of halogens is 2. The monoisotopic (exact) mass is 357 g/mol. The smallest absolute Gasteiger partial charge is 0.310 e. The number of likely N-dealkylation sites (tertiary alicyclic amines) is 1. The number of rotatable bonds is 4. The molecule has 0 aliphatic carbocycles. The van der Waals surface area contributed by atoms with Crippen LogP contribution in [-0.4, -0.2) is 36.5 Å². The van der Waals surface area contributed by atoms with Crippen LogP contribution in [0, 0.1) is 11.8 Å². The van der Waals surface area contributed by atoms with Crippen LogP contribution >= 0.6 is 23.2 Å². The molecule has 2 unspecified atom stereocenters. The van der Waals surface area contributed by atoms with Crippen LogP contribution in [0.3, 0.4) is 0 Å². The van der Waals surface area contributed by atoms with Crippen molar-refractivity contribution in [3.05, 3.63) is 33.8 Å². The lowest BCUT2D eigenvalue weighted by molar-refractivity contribution is -0.152. The average molecular weight is 358 g/mol. The van der Waals surface area contributed by atoms with Gasteiger partial charge in [0.05, 0.1) is 6.42 Å². The lowest BCUT2D eigenvalue weighted by Gasteiger charge is -2.34. The van der Waals surface area contributed by atoms with Crippen molar-refractivity contribution < 1.29 is 14.3 Å². The minimum Gasteiger partial charge on any atom is -0.455 e. The van der Waals surface area contributed by atoms with Gasteiger partial charge in [-0.3, -0.25) is 9.59 Å². The maximum absolute atomic E-state index is 12.2. The maximum Gasteiger partial charge on any atom is 0.310 e. The molecular weight excluding hydrogens is 337 g/mol. The van der Waals surface area contributed by atoms with Gasteiger partial charge < -0.3 is 9.64 Å². The number of benzene rings is 1. The zero-order valence-corrected chi connectivity index (χ0v) is 14.9. The van der Waals surface area contributed by atoms with Crippen LogP contribution in [0.15, 0.2) is 18.2 Å². The number of carbonyl (C=O) groups excluding carboxylic acids is 2. The molecule has 0 spiro atoms. The van der Waals surface area contributed by atoms with Gasteiger partial charge in [0.2, 0.25) is 0 Å². The van der Waals surface area contributed by atoms with E-state index in [9.17, 15) is 9.59 Å². The third kappa shape index (κ3) is 5.40. The fourth-order valence-corrected chi connectivity index (χ4v) is 3.45. The first-order chi connectivity index (χ1) is 10.8. The van der Waals surface area contributed by atoms with Crippen molar-refractivity contribution in [1.82, 2.24) is 4.90 Å². The standard InChI is InChI=1S/C17H21Cl2NO3/c1-11-5-12(2)9-20(8-11)16(21)10-23-17(22)6-13-3-4-14(18)7-15(13)19/h3-4,7,11-12H,5-6,8-10H2,1-2H3. The van der Waals surface area contributed by atoms with Gasteiger partial charge >= 0.3 is 5.97 Å². The Morgan fingerprint density at radius 1 is 1.22 bits per heavy atom. The zero-order valence-electron chi connectivity index (χ0n) is 13.4. The number of hydrogen-bond acceptors (Lipinski definition) is 3. The Labute approximate surface area is 146 Å². The quantitative estimate of drug-likeness (QED) is 0.773. The van der Waals surface area contributed by atoms with Crippen molar-refractivity contribution in [2.45, 2.75) is 26.7 Å². The number of esters is 1. The summed E-state index contributed by atoms with van der Waals surface area (Å²) in [5, 5.41) is 0.926. The molecule has 0 N–H and O–H groups in total. The van der Waals surface area contributed by atoms with Gasteiger partial charge in [-0.15, -0.1) is 0 Å². The average Bonchev–Trinajstić information content (AvgIpc) is 2.46. The predicted octanol–water partition coefficient (Wildman–Crippen LogP) is 3.58. The highest BCUT2D eigenvalue weighted by molar-refractivity contribution is 6.35. The third-order valence-electron chi connectivity index (χ3n) is 3.93. The third-order valence-corrected chi connectivity index (χ3v) is 4.52. The molecule has 0 aromatic heterocycles. The number of ether oxygens (including phenoxy) is 1. The molecule has 1 aromatic carbocycles. The molecule has 2 rings (SSSR count). The highest BCUT2D eigenvalue weighted by Gasteiger charge is 2.25. The van der Waals surface area contributed by atoms with Gasteiger partial charge in [-0.25, -0.2) is 0 Å². The molecule has 1 aliphatic rings. The van der Waals surface area contributed by atoms with Crippen LogP contribution in [0.2, 0.25) is 10.0 Å². The molecule has 2 atom stereocenters. The van der Waals surface area contributed by atoms with E-state index in [2.05, 4.69) is 13.8 Å². The molecule has 0 saturated carbocycles. The number of piperidine rings is 1. The van der Waals surface area contributed by atoms with Crippen LogP contribution in [0.25, 0.3) is 0 Å². The van der Waals surface area contributed by atoms with E-state index in [1.807, 2.05) is 0 Å². The van der Waals surface area contributed by atoms with Crippen molar-refractivity contribution in [2.24, 2.45) is 11.8 Å². The Hall–Kier alpha value is -1.26. The lowest BCUT2D eigenvalue weighted by atomic mass is 9.92. The van der Waals surface area contributed by atoms with Gasteiger partial charge in [-0.1, -0.05) is 43.1 Å². The van der Waals surface area contributed by atoms with Crippen molar-refractivity contribution >= 4 is 35.1 Å². The molecule has 1 heterocycles. The highest BCUT2D eigenvalue weighted by atomic mass is 35.5. The first-order valence-electron chi connectivity index (χ1n) is 7.72. The second-order valence-electron chi connectivity index (χ2n) is 6.32. The molecule has 1 aliphatic heterocycles. The molecule has 0 bridgehead atoms. The normalized spacial score (nSPS) is 21.1. The van der Waals surface area contributed by atoms with E-state index < -0.39 is 5.97 Å². The van der Waals surface area contributed by atoms with Crippen molar-refractivity contribution in [3.63, 3.8) is 0 Å². The maximum atomic E-state index is 12.2. The van der Waals surface area contributed by atoms with E-state index in [1.54, 1.807) is 23.1 Å². The van der Waals surface area contributed by atoms with Gasteiger partial charge in [0.25, 0.3) is 5.91 Å². The van der Waals surface area contributed by atoms with Crippen LogP contribution in [-0.2, 0) is 20.7 Å².